The van der Waals surface area contributed by atoms with Crippen molar-refractivity contribution in [1.29, 1.82) is 0 Å². The molecule has 1 atom stereocenters. The maximum absolute atomic E-state index is 6.07. The van der Waals surface area contributed by atoms with Gasteiger partial charge in [-0.3, -0.25) is 0 Å². The fourth-order valence-corrected chi connectivity index (χ4v) is 3.69. The highest BCUT2D eigenvalue weighted by Crippen LogP contribution is 2.42. The molecule has 0 saturated heterocycles. The summed E-state index contributed by atoms with van der Waals surface area (Å²) < 4.78 is 1.83. The van der Waals surface area contributed by atoms with E-state index < -0.39 is 0 Å². The largest absolute Gasteiger partial charge is 0.312 e. The minimum absolute atomic E-state index is 0.238. The zero-order valence-corrected chi connectivity index (χ0v) is 12.7. The lowest BCUT2D eigenvalue weighted by molar-refractivity contribution is 0.249. The Morgan fingerprint density at radius 2 is 2.20 bits per heavy atom. The first kappa shape index (κ1) is 13.5. The lowest BCUT2D eigenvalue weighted by Gasteiger charge is -2.32. The van der Waals surface area contributed by atoms with Crippen LogP contribution in [-0.4, -0.2) is 7.05 Å². The van der Waals surface area contributed by atoms with Crippen molar-refractivity contribution in [2.75, 3.05) is 7.05 Å². The molecule has 0 aliphatic heterocycles. The number of hydrogen-bond donors (Lipinski definition) is 1. The Labute approximate surface area is 109 Å². The Morgan fingerprint density at radius 3 is 2.53 bits per heavy atom. The van der Waals surface area contributed by atoms with Crippen LogP contribution in [0.5, 0.6) is 0 Å². The molecule has 1 unspecified atom stereocenters. The van der Waals surface area contributed by atoms with Gasteiger partial charge in [0.2, 0.25) is 0 Å². The van der Waals surface area contributed by atoms with Crippen LogP contribution in [-0.2, 0) is 0 Å². The van der Waals surface area contributed by atoms with Gasteiger partial charge in [0, 0.05) is 15.4 Å². The van der Waals surface area contributed by atoms with E-state index in [1.807, 2.05) is 7.05 Å². The molecule has 1 nitrogen and oxygen atoms in total. The van der Waals surface area contributed by atoms with Gasteiger partial charge < -0.3 is 5.32 Å². The standard InChI is InChI=1S/C11H17BrClNS/c1-5-11(2,3)9(14-4)8-6-7(12)10(13)15-8/h6,9,14H,5H2,1-4H3. The first-order valence-corrected chi connectivity index (χ1v) is 7.03. The van der Waals surface area contributed by atoms with Crippen LogP contribution >= 0.6 is 38.9 Å². The van der Waals surface area contributed by atoms with Crippen molar-refractivity contribution < 1.29 is 0 Å². The first-order chi connectivity index (χ1) is 6.92. The molecule has 1 heterocycles. The van der Waals surface area contributed by atoms with E-state index in [9.17, 15) is 0 Å². The second kappa shape index (κ2) is 5.17. The Bertz CT molecular complexity index is 316. The second-order valence-corrected chi connectivity index (χ2v) is 6.87. The van der Waals surface area contributed by atoms with Gasteiger partial charge in [0.1, 0.15) is 4.34 Å². The number of thiophene rings is 1. The topological polar surface area (TPSA) is 12.0 Å². The van der Waals surface area contributed by atoms with Crippen LogP contribution < -0.4 is 5.32 Å². The maximum atomic E-state index is 6.07. The normalized spacial score (nSPS) is 14.3. The summed E-state index contributed by atoms with van der Waals surface area (Å²) >= 11 is 11.2. The van der Waals surface area contributed by atoms with Gasteiger partial charge in [0.05, 0.1) is 0 Å². The highest BCUT2D eigenvalue weighted by molar-refractivity contribution is 9.10. The number of halogens is 2. The summed E-state index contributed by atoms with van der Waals surface area (Å²) in [6, 6.07) is 2.47. The molecule has 4 heteroatoms. The van der Waals surface area contributed by atoms with E-state index >= 15 is 0 Å². The molecule has 0 amide bonds. The predicted octanol–water partition coefficient (Wildman–Crippen LogP) is 4.86. The third kappa shape index (κ3) is 2.96. The summed E-state index contributed by atoms with van der Waals surface area (Å²) in [4.78, 5) is 1.29. The molecule has 1 N–H and O–H groups in total. The summed E-state index contributed by atoms with van der Waals surface area (Å²) in [5.41, 5.74) is 0.238. The molecule has 1 rings (SSSR count). The van der Waals surface area contributed by atoms with Crippen molar-refractivity contribution in [2.24, 2.45) is 5.41 Å². The van der Waals surface area contributed by atoms with Crippen LogP contribution in [0.15, 0.2) is 10.5 Å². The van der Waals surface area contributed by atoms with Crippen LogP contribution in [0.1, 0.15) is 38.1 Å². The molecule has 0 saturated carbocycles. The monoisotopic (exact) mass is 309 g/mol. The maximum Gasteiger partial charge on any atom is 0.107 e. The molecule has 0 bridgehead atoms. The highest BCUT2D eigenvalue weighted by Gasteiger charge is 2.29. The third-order valence-electron chi connectivity index (χ3n) is 2.93. The fourth-order valence-electron chi connectivity index (χ4n) is 1.63. The summed E-state index contributed by atoms with van der Waals surface area (Å²) in [6.45, 7) is 6.76. The summed E-state index contributed by atoms with van der Waals surface area (Å²) in [5.74, 6) is 0. The van der Waals surface area contributed by atoms with E-state index in [0.717, 1.165) is 15.2 Å². The molecule has 1 aromatic rings. The number of nitrogens with one attached hydrogen (secondary N) is 1. The highest BCUT2D eigenvalue weighted by atomic mass is 79.9. The van der Waals surface area contributed by atoms with Crippen LogP contribution in [0.2, 0.25) is 4.34 Å². The van der Waals surface area contributed by atoms with Crippen LogP contribution in [0.25, 0.3) is 0 Å². The first-order valence-electron chi connectivity index (χ1n) is 5.04. The molecule has 0 spiro atoms. The minimum Gasteiger partial charge on any atom is -0.312 e. The van der Waals surface area contributed by atoms with Gasteiger partial charge in [0.25, 0.3) is 0 Å². The Balaban J connectivity index is 3.02. The zero-order chi connectivity index (χ0) is 11.6. The van der Waals surface area contributed by atoms with Gasteiger partial charge in [-0.15, -0.1) is 11.3 Å². The van der Waals surface area contributed by atoms with Gasteiger partial charge >= 0.3 is 0 Å². The Morgan fingerprint density at radius 1 is 1.60 bits per heavy atom. The van der Waals surface area contributed by atoms with E-state index in [2.05, 4.69) is 48.1 Å². The van der Waals surface area contributed by atoms with Crippen molar-refractivity contribution >= 4 is 38.9 Å². The lowest BCUT2D eigenvalue weighted by Crippen LogP contribution is -2.30. The fraction of sp³-hybridized carbons (Fsp3) is 0.636. The van der Waals surface area contributed by atoms with Gasteiger partial charge in [-0.05, 0) is 40.9 Å². The van der Waals surface area contributed by atoms with Crippen molar-refractivity contribution in [3.8, 4) is 0 Å². The molecule has 0 aliphatic rings. The van der Waals surface area contributed by atoms with Crippen LogP contribution in [0.3, 0.4) is 0 Å². The third-order valence-corrected chi connectivity index (χ3v) is 5.47. The average molecular weight is 311 g/mol. The van der Waals surface area contributed by atoms with Crippen LogP contribution in [0, 0.1) is 5.41 Å². The summed E-state index contributed by atoms with van der Waals surface area (Å²) in [6.07, 6.45) is 1.13. The van der Waals surface area contributed by atoms with Crippen LogP contribution in [0.4, 0.5) is 0 Å². The Hall–Kier alpha value is 0.430. The number of rotatable bonds is 4. The van der Waals surface area contributed by atoms with E-state index in [0.29, 0.717) is 6.04 Å². The predicted molar refractivity (Wildman–Crippen MR) is 72.9 cm³/mol. The van der Waals surface area contributed by atoms with Gasteiger partial charge in [-0.1, -0.05) is 32.4 Å². The van der Waals surface area contributed by atoms with Crippen molar-refractivity contribution in [3.63, 3.8) is 0 Å². The Kier molecular flexibility index (Phi) is 4.65. The molecule has 1 aromatic heterocycles. The van der Waals surface area contributed by atoms with E-state index in [1.54, 1.807) is 11.3 Å². The molecular weight excluding hydrogens is 294 g/mol. The van der Waals surface area contributed by atoms with Crippen molar-refractivity contribution in [2.45, 2.75) is 33.2 Å². The molecule has 15 heavy (non-hydrogen) atoms. The average Bonchev–Trinajstić information content (AvgIpc) is 2.47. The number of hydrogen-bond acceptors (Lipinski definition) is 2. The summed E-state index contributed by atoms with van der Waals surface area (Å²) in [7, 11) is 2.00. The molecular formula is C11H17BrClNS. The van der Waals surface area contributed by atoms with Gasteiger partial charge in [-0.2, -0.15) is 0 Å². The molecule has 0 radical (unpaired) electrons. The van der Waals surface area contributed by atoms with Gasteiger partial charge in [0.15, 0.2) is 0 Å². The molecule has 0 fully saturated rings. The summed E-state index contributed by atoms with van der Waals surface area (Å²) in [5, 5.41) is 3.38. The molecule has 0 aliphatic carbocycles. The van der Waals surface area contributed by atoms with E-state index in [1.165, 1.54) is 4.88 Å². The quantitative estimate of drug-likeness (QED) is 0.837. The van der Waals surface area contributed by atoms with Crippen molar-refractivity contribution in [1.82, 2.24) is 5.32 Å². The smallest absolute Gasteiger partial charge is 0.107 e. The lowest BCUT2D eigenvalue weighted by atomic mass is 9.81. The molecule has 0 aromatic carbocycles. The molecule has 86 valence electrons. The zero-order valence-electron chi connectivity index (χ0n) is 9.53. The SMILES string of the molecule is CCC(C)(C)C(NC)c1cc(Br)c(Cl)s1. The van der Waals surface area contributed by atoms with E-state index in [4.69, 9.17) is 11.6 Å². The minimum atomic E-state index is 0.238. The van der Waals surface area contributed by atoms with Crippen molar-refractivity contribution in [3.05, 3.63) is 19.8 Å². The van der Waals surface area contributed by atoms with E-state index in [-0.39, 0.29) is 5.41 Å². The van der Waals surface area contributed by atoms with Gasteiger partial charge in [-0.25, -0.2) is 0 Å². The second-order valence-electron chi connectivity index (χ2n) is 4.33.